The van der Waals surface area contributed by atoms with Crippen LogP contribution in [-0.2, 0) is 10.2 Å². The molecule has 5 nitrogen and oxygen atoms in total. The zero-order valence-electron chi connectivity index (χ0n) is 16.2. The number of methoxy groups -OCH3 is 2. The summed E-state index contributed by atoms with van der Waals surface area (Å²) >= 11 is 0. The summed E-state index contributed by atoms with van der Waals surface area (Å²) < 4.78 is 16.3. The molecule has 1 fully saturated rings. The molecule has 144 valence electrons. The van der Waals surface area contributed by atoms with E-state index in [2.05, 4.69) is 36.5 Å². The molecule has 27 heavy (non-hydrogen) atoms. The zero-order valence-corrected chi connectivity index (χ0v) is 16.2. The van der Waals surface area contributed by atoms with Gasteiger partial charge in [-0.05, 0) is 37.5 Å². The summed E-state index contributed by atoms with van der Waals surface area (Å²) in [7, 11) is 3.11. The Bertz CT molecular complexity index is 797. The van der Waals surface area contributed by atoms with Crippen molar-refractivity contribution in [3.05, 3.63) is 59.2 Å². The quantitative estimate of drug-likeness (QED) is 0.847. The van der Waals surface area contributed by atoms with Crippen LogP contribution in [0.25, 0.3) is 0 Å². The van der Waals surface area contributed by atoms with Crippen molar-refractivity contribution in [1.82, 2.24) is 5.32 Å². The molecule has 1 aliphatic rings. The third-order valence-corrected chi connectivity index (χ3v) is 5.32. The Morgan fingerprint density at radius 1 is 1.11 bits per heavy atom. The average Bonchev–Trinajstić information content (AvgIpc) is 2.72. The van der Waals surface area contributed by atoms with Gasteiger partial charge in [-0.15, -0.1) is 0 Å². The normalized spacial score (nSPS) is 15.8. The minimum absolute atomic E-state index is 0.119. The first-order chi connectivity index (χ1) is 13.1. The summed E-state index contributed by atoms with van der Waals surface area (Å²) in [5.41, 5.74) is 2.83. The van der Waals surface area contributed by atoms with E-state index in [0.717, 1.165) is 12.8 Å². The lowest BCUT2D eigenvalue weighted by Gasteiger charge is -2.38. The molecule has 1 aliphatic heterocycles. The highest BCUT2D eigenvalue weighted by Gasteiger charge is 2.35. The van der Waals surface area contributed by atoms with Gasteiger partial charge >= 0.3 is 0 Å². The van der Waals surface area contributed by atoms with Gasteiger partial charge in [0.25, 0.3) is 5.91 Å². The lowest BCUT2D eigenvalue weighted by molar-refractivity contribution is 0.0486. The maximum Gasteiger partial charge on any atom is 0.255 e. The molecular weight excluding hydrogens is 342 g/mol. The maximum absolute atomic E-state index is 12.9. The van der Waals surface area contributed by atoms with Crippen LogP contribution in [0.5, 0.6) is 11.5 Å². The molecular formula is C22H27NO4. The van der Waals surface area contributed by atoms with Crippen molar-refractivity contribution in [2.45, 2.75) is 25.2 Å². The second kappa shape index (κ2) is 8.44. The number of benzene rings is 2. The summed E-state index contributed by atoms with van der Waals surface area (Å²) in [5, 5.41) is 3.12. The fourth-order valence-corrected chi connectivity index (χ4v) is 3.72. The van der Waals surface area contributed by atoms with Crippen LogP contribution in [-0.4, -0.2) is 39.9 Å². The third kappa shape index (κ3) is 4.08. The van der Waals surface area contributed by atoms with Crippen molar-refractivity contribution < 1.29 is 19.0 Å². The predicted octanol–water partition coefficient (Wildman–Crippen LogP) is 3.49. The fraction of sp³-hybridized carbons (Fsp3) is 0.409. The zero-order chi connectivity index (χ0) is 19.3. The Labute approximate surface area is 160 Å². The van der Waals surface area contributed by atoms with Gasteiger partial charge in [-0.25, -0.2) is 0 Å². The molecule has 1 saturated heterocycles. The third-order valence-electron chi connectivity index (χ3n) is 5.32. The van der Waals surface area contributed by atoms with Crippen LogP contribution in [0.1, 0.15) is 34.3 Å². The molecule has 0 aliphatic carbocycles. The van der Waals surface area contributed by atoms with Crippen LogP contribution in [0.4, 0.5) is 0 Å². The minimum atomic E-state index is -0.163. The number of carbonyl (C=O) groups is 1. The Hall–Kier alpha value is -2.53. The summed E-state index contributed by atoms with van der Waals surface area (Å²) in [5.74, 6) is 0.836. The van der Waals surface area contributed by atoms with Crippen molar-refractivity contribution >= 4 is 5.91 Å². The largest absolute Gasteiger partial charge is 0.493 e. The van der Waals surface area contributed by atoms with Crippen LogP contribution < -0.4 is 14.8 Å². The van der Waals surface area contributed by atoms with E-state index >= 15 is 0 Å². The molecule has 0 aromatic heterocycles. The molecule has 5 heteroatoms. The van der Waals surface area contributed by atoms with E-state index in [-0.39, 0.29) is 11.3 Å². The topological polar surface area (TPSA) is 56.8 Å². The van der Waals surface area contributed by atoms with Gasteiger partial charge in [0.15, 0.2) is 11.5 Å². The van der Waals surface area contributed by atoms with Crippen molar-refractivity contribution in [3.8, 4) is 11.5 Å². The molecule has 0 bridgehead atoms. The second-order valence-corrected chi connectivity index (χ2v) is 6.99. The molecule has 2 aromatic carbocycles. The number of aryl methyl sites for hydroxylation is 1. The molecule has 0 spiro atoms. The van der Waals surface area contributed by atoms with E-state index in [4.69, 9.17) is 14.2 Å². The molecule has 2 aromatic rings. The van der Waals surface area contributed by atoms with Gasteiger partial charge in [-0.3, -0.25) is 4.79 Å². The van der Waals surface area contributed by atoms with Crippen molar-refractivity contribution in [3.63, 3.8) is 0 Å². The summed E-state index contributed by atoms with van der Waals surface area (Å²) in [6.07, 6.45) is 1.76. The summed E-state index contributed by atoms with van der Waals surface area (Å²) in [6, 6.07) is 13.9. The molecule has 0 unspecified atom stereocenters. The van der Waals surface area contributed by atoms with Gasteiger partial charge < -0.3 is 19.5 Å². The van der Waals surface area contributed by atoms with Gasteiger partial charge in [-0.1, -0.05) is 35.9 Å². The standard InChI is InChI=1S/C22H27NO4/c1-16-6-4-7-17(14-16)22(10-12-27-13-11-22)15-23-21(24)18-8-5-9-19(25-2)20(18)26-3/h4-9,14H,10-13,15H2,1-3H3,(H,23,24). The monoisotopic (exact) mass is 369 g/mol. The van der Waals surface area contributed by atoms with Gasteiger partial charge in [0.1, 0.15) is 0 Å². The highest BCUT2D eigenvalue weighted by Crippen LogP contribution is 2.35. The second-order valence-electron chi connectivity index (χ2n) is 6.99. The molecule has 1 heterocycles. The lowest BCUT2D eigenvalue weighted by atomic mass is 9.73. The molecule has 1 N–H and O–H groups in total. The number of ether oxygens (including phenoxy) is 3. The first kappa shape index (κ1) is 19.2. The van der Waals surface area contributed by atoms with Crippen LogP contribution in [0.2, 0.25) is 0 Å². The molecule has 0 atom stereocenters. The highest BCUT2D eigenvalue weighted by molar-refractivity contribution is 5.97. The Kier molecular flexibility index (Phi) is 6.01. The van der Waals surface area contributed by atoms with Gasteiger partial charge in [0.05, 0.1) is 19.8 Å². The number of amides is 1. The number of hydrogen-bond donors (Lipinski definition) is 1. The number of nitrogens with one attached hydrogen (secondary N) is 1. The van der Waals surface area contributed by atoms with E-state index in [1.165, 1.54) is 11.1 Å². The molecule has 3 rings (SSSR count). The Morgan fingerprint density at radius 2 is 1.85 bits per heavy atom. The molecule has 1 amide bonds. The number of hydrogen-bond acceptors (Lipinski definition) is 4. The summed E-state index contributed by atoms with van der Waals surface area (Å²) in [6.45, 7) is 4.05. The smallest absolute Gasteiger partial charge is 0.255 e. The van der Waals surface area contributed by atoms with E-state index < -0.39 is 0 Å². The number of carbonyl (C=O) groups excluding carboxylic acids is 1. The van der Waals surface area contributed by atoms with Gasteiger partial charge in [0.2, 0.25) is 0 Å². The number of rotatable bonds is 6. The average molecular weight is 369 g/mol. The first-order valence-electron chi connectivity index (χ1n) is 9.24. The van der Waals surface area contributed by atoms with Crippen LogP contribution >= 0.6 is 0 Å². The summed E-state index contributed by atoms with van der Waals surface area (Å²) in [4.78, 5) is 12.9. The molecule has 0 radical (unpaired) electrons. The van der Waals surface area contributed by atoms with Crippen LogP contribution in [0.3, 0.4) is 0 Å². The van der Waals surface area contributed by atoms with E-state index in [1.54, 1.807) is 32.4 Å². The lowest BCUT2D eigenvalue weighted by Crippen LogP contribution is -2.44. The SMILES string of the molecule is COc1cccc(C(=O)NCC2(c3cccc(C)c3)CCOCC2)c1OC. The van der Waals surface area contributed by atoms with E-state index in [0.29, 0.717) is 36.8 Å². The van der Waals surface area contributed by atoms with Crippen LogP contribution in [0.15, 0.2) is 42.5 Å². The Morgan fingerprint density at radius 3 is 2.52 bits per heavy atom. The van der Waals surface area contributed by atoms with Gasteiger partial charge in [-0.2, -0.15) is 0 Å². The van der Waals surface area contributed by atoms with Crippen LogP contribution in [0, 0.1) is 6.92 Å². The van der Waals surface area contributed by atoms with E-state index in [9.17, 15) is 4.79 Å². The Balaban J connectivity index is 1.83. The van der Waals surface area contributed by atoms with Crippen molar-refractivity contribution in [2.24, 2.45) is 0 Å². The predicted molar refractivity (Wildman–Crippen MR) is 105 cm³/mol. The van der Waals surface area contributed by atoms with Crippen molar-refractivity contribution in [2.75, 3.05) is 34.0 Å². The van der Waals surface area contributed by atoms with Gasteiger partial charge in [0, 0.05) is 25.2 Å². The van der Waals surface area contributed by atoms with Crippen molar-refractivity contribution in [1.29, 1.82) is 0 Å². The minimum Gasteiger partial charge on any atom is -0.493 e. The fourth-order valence-electron chi connectivity index (χ4n) is 3.72. The highest BCUT2D eigenvalue weighted by atomic mass is 16.5. The van der Waals surface area contributed by atoms with E-state index in [1.807, 2.05) is 0 Å². The maximum atomic E-state index is 12.9. The molecule has 0 saturated carbocycles. The number of para-hydroxylation sites is 1. The first-order valence-corrected chi connectivity index (χ1v) is 9.24.